The van der Waals surface area contributed by atoms with Gasteiger partial charge < -0.3 is 14.5 Å². The first-order chi connectivity index (χ1) is 12.7. The van der Waals surface area contributed by atoms with Crippen LogP contribution < -0.4 is 9.64 Å². The molecule has 0 aliphatic carbocycles. The van der Waals surface area contributed by atoms with Crippen LogP contribution in [0.25, 0.3) is 0 Å². The zero-order valence-electron chi connectivity index (χ0n) is 16.0. The van der Waals surface area contributed by atoms with Crippen LogP contribution in [0.4, 0.5) is 5.82 Å². The summed E-state index contributed by atoms with van der Waals surface area (Å²) in [5.74, 6) is 1.17. The van der Waals surface area contributed by atoms with Gasteiger partial charge in [-0.25, -0.2) is 12.7 Å². The third-order valence-electron chi connectivity index (χ3n) is 5.07. The van der Waals surface area contributed by atoms with Gasteiger partial charge in [-0.1, -0.05) is 0 Å². The number of rotatable bonds is 5. The van der Waals surface area contributed by atoms with Crippen LogP contribution in [0, 0.1) is 5.92 Å². The highest BCUT2D eigenvalue weighted by Gasteiger charge is 2.35. The molecule has 150 valence electrons. The normalized spacial score (nSPS) is 22.0. The van der Waals surface area contributed by atoms with Crippen molar-refractivity contribution in [3.63, 3.8) is 0 Å². The van der Waals surface area contributed by atoms with Gasteiger partial charge in [-0.05, 0) is 12.8 Å². The Morgan fingerprint density at radius 1 is 1.19 bits per heavy atom. The summed E-state index contributed by atoms with van der Waals surface area (Å²) >= 11 is 0. The lowest BCUT2D eigenvalue weighted by Gasteiger charge is -2.31. The molecule has 3 heterocycles. The van der Waals surface area contributed by atoms with Gasteiger partial charge in [0.05, 0.1) is 25.2 Å². The molecule has 1 amide bonds. The highest BCUT2D eigenvalue weighted by atomic mass is 32.2. The Hall–Kier alpha value is -1.94. The number of anilines is 1. The number of sulfonamides is 1. The maximum absolute atomic E-state index is 12.8. The standard InChI is InChI=1S/C17H27N5O4S/c1-20(2)15-10-18-11-16(19-15)26-14-6-7-21(12-14)17(23)13-4-8-22(9-5-13)27(3,24)25/h10-11,13-14H,4-9,12H2,1-3H3/t14-/m0/s1. The van der Waals surface area contributed by atoms with Gasteiger partial charge in [-0.3, -0.25) is 9.78 Å². The second-order valence-electron chi connectivity index (χ2n) is 7.36. The molecule has 1 atom stereocenters. The van der Waals surface area contributed by atoms with Gasteiger partial charge in [0.15, 0.2) is 5.82 Å². The van der Waals surface area contributed by atoms with Crippen molar-refractivity contribution in [1.29, 1.82) is 0 Å². The number of carbonyl (C=O) groups is 1. The third-order valence-corrected chi connectivity index (χ3v) is 6.38. The first-order valence-electron chi connectivity index (χ1n) is 9.14. The number of hydrogen-bond acceptors (Lipinski definition) is 7. The Bertz CT molecular complexity index is 777. The summed E-state index contributed by atoms with van der Waals surface area (Å²) in [4.78, 5) is 25.0. The molecule has 3 rings (SSSR count). The number of likely N-dealkylation sites (tertiary alicyclic amines) is 1. The SMILES string of the molecule is CN(C)c1cncc(O[C@H]2CCN(C(=O)C3CCN(S(C)(=O)=O)CC3)C2)n1. The van der Waals surface area contributed by atoms with Crippen LogP contribution in [0.5, 0.6) is 5.88 Å². The maximum atomic E-state index is 12.8. The van der Waals surface area contributed by atoms with E-state index in [1.807, 2.05) is 23.9 Å². The number of piperidine rings is 1. The molecule has 0 radical (unpaired) electrons. The lowest BCUT2D eigenvalue weighted by atomic mass is 9.97. The van der Waals surface area contributed by atoms with Crippen molar-refractivity contribution < 1.29 is 17.9 Å². The largest absolute Gasteiger partial charge is 0.471 e. The zero-order chi connectivity index (χ0) is 19.6. The molecule has 2 aliphatic rings. The molecule has 9 nitrogen and oxygen atoms in total. The minimum atomic E-state index is -3.18. The minimum Gasteiger partial charge on any atom is -0.471 e. The summed E-state index contributed by atoms with van der Waals surface area (Å²) in [6, 6.07) is 0. The molecule has 0 spiro atoms. The number of ether oxygens (including phenoxy) is 1. The van der Waals surface area contributed by atoms with Gasteiger partial charge in [0.1, 0.15) is 6.10 Å². The van der Waals surface area contributed by atoms with Crippen molar-refractivity contribution >= 4 is 21.7 Å². The monoisotopic (exact) mass is 397 g/mol. The highest BCUT2D eigenvalue weighted by Crippen LogP contribution is 2.24. The lowest BCUT2D eigenvalue weighted by Crippen LogP contribution is -2.43. The quantitative estimate of drug-likeness (QED) is 0.700. The minimum absolute atomic E-state index is 0.0994. The van der Waals surface area contributed by atoms with Gasteiger partial charge in [0.25, 0.3) is 0 Å². The van der Waals surface area contributed by atoms with Gasteiger partial charge >= 0.3 is 0 Å². The fraction of sp³-hybridized carbons (Fsp3) is 0.706. The van der Waals surface area contributed by atoms with E-state index >= 15 is 0 Å². The molecule has 0 bridgehead atoms. The first-order valence-corrected chi connectivity index (χ1v) is 11.0. The van der Waals surface area contributed by atoms with E-state index in [1.165, 1.54) is 10.6 Å². The smallest absolute Gasteiger partial charge is 0.234 e. The molecular formula is C17H27N5O4S. The average Bonchev–Trinajstić information content (AvgIpc) is 3.09. The molecule has 2 fully saturated rings. The Kier molecular flexibility index (Phi) is 5.85. The summed E-state index contributed by atoms with van der Waals surface area (Å²) in [6.45, 7) is 2.00. The molecular weight excluding hydrogens is 370 g/mol. The number of hydrogen-bond donors (Lipinski definition) is 0. The Balaban J connectivity index is 1.52. The van der Waals surface area contributed by atoms with Crippen molar-refractivity contribution in [1.82, 2.24) is 19.2 Å². The number of nitrogens with zero attached hydrogens (tertiary/aromatic N) is 5. The Morgan fingerprint density at radius 2 is 1.89 bits per heavy atom. The maximum Gasteiger partial charge on any atom is 0.234 e. The van der Waals surface area contributed by atoms with Crippen LogP contribution >= 0.6 is 0 Å². The van der Waals surface area contributed by atoms with E-state index < -0.39 is 10.0 Å². The Labute approximate surface area is 160 Å². The van der Waals surface area contributed by atoms with Crippen LogP contribution in [0.2, 0.25) is 0 Å². The van der Waals surface area contributed by atoms with Crippen molar-refractivity contribution in [3.8, 4) is 5.88 Å². The van der Waals surface area contributed by atoms with Crippen molar-refractivity contribution in [3.05, 3.63) is 12.4 Å². The molecule has 2 aliphatic heterocycles. The third kappa shape index (κ3) is 4.86. The molecule has 2 saturated heterocycles. The van der Waals surface area contributed by atoms with Gasteiger partial charge in [-0.15, -0.1) is 0 Å². The first kappa shape index (κ1) is 19.8. The van der Waals surface area contributed by atoms with Crippen LogP contribution in [0.1, 0.15) is 19.3 Å². The van der Waals surface area contributed by atoms with Crippen LogP contribution in [0.15, 0.2) is 12.4 Å². The number of amides is 1. The Morgan fingerprint density at radius 3 is 2.52 bits per heavy atom. The summed E-state index contributed by atoms with van der Waals surface area (Å²) in [5, 5.41) is 0. The molecule has 27 heavy (non-hydrogen) atoms. The van der Waals surface area contributed by atoms with E-state index in [1.54, 1.807) is 12.4 Å². The van der Waals surface area contributed by atoms with E-state index in [2.05, 4.69) is 9.97 Å². The number of carbonyl (C=O) groups excluding carboxylic acids is 1. The molecule has 0 N–H and O–H groups in total. The topological polar surface area (TPSA) is 95.9 Å². The fourth-order valence-corrected chi connectivity index (χ4v) is 4.37. The predicted molar refractivity (Wildman–Crippen MR) is 101 cm³/mol. The predicted octanol–water partition coefficient (Wildman–Crippen LogP) is 0.194. The molecule has 1 aromatic heterocycles. The van der Waals surface area contributed by atoms with Crippen LogP contribution in [-0.2, 0) is 14.8 Å². The molecule has 0 aromatic carbocycles. The van der Waals surface area contributed by atoms with Crippen molar-refractivity contribution in [2.24, 2.45) is 5.92 Å². The summed E-state index contributed by atoms with van der Waals surface area (Å²) in [7, 11) is 0.600. The van der Waals surface area contributed by atoms with E-state index in [-0.39, 0.29) is 17.9 Å². The molecule has 10 heteroatoms. The van der Waals surface area contributed by atoms with Gasteiger partial charge in [0, 0.05) is 46.1 Å². The summed E-state index contributed by atoms with van der Waals surface area (Å²) in [6.07, 6.45) is 6.26. The van der Waals surface area contributed by atoms with Crippen molar-refractivity contribution in [2.75, 3.05) is 51.4 Å². The number of aromatic nitrogens is 2. The zero-order valence-corrected chi connectivity index (χ0v) is 16.9. The molecule has 0 unspecified atom stereocenters. The lowest BCUT2D eigenvalue weighted by molar-refractivity contribution is -0.135. The highest BCUT2D eigenvalue weighted by molar-refractivity contribution is 7.88. The summed E-state index contributed by atoms with van der Waals surface area (Å²) < 4.78 is 30.6. The molecule has 0 saturated carbocycles. The molecule has 1 aromatic rings. The second-order valence-corrected chi connectivity index (χ2v) is 9.34. The van der Waals surface area contributed by atoms with E-state index in [9.17, 15) is 13.2 Å². The van der Waals surface area contributed by atoms with Crippen LogP contribution in [0.3, 0.4) is 0 Å². The van der Waals surface area contributed by atoms with E-state index in [4.69, 9.17) is 4.74 Å². The summed E-state index contributed by atoms with van der Waals surface area (Å²) in [5.41, 5.74) is 0. The van der Waals surface area contributed by atoms with Gasteiger partial charge in [-0.2, -0.15) is 4.98 Å². The van der Waals surface area contributed by atoms with E-state index in [0.717, 1.165) is 12.2 Å². The average molecular weight is 398 g/mol. The van der Waals surface area contributed by atoms with E-state index in [0.29, 0.717) is 44.9 Å². The fourth-order valence-electron chi connectivity index (χ4n) is 3.50. The van der Waals surface area contributed by atoms with Crippen LogP contribution in [-0.4, -0.2) is 86.1 Å². The van der Waals surface area contributed by atoms with Gasteiger partial charge in [0.2, 0.25) is 21.8 Å². The van der Waals surface area contributed by atoms with Crippen molar-refractivity contribution in [2.45, 2.75) is 25.4 Å². The second kappa shape index (κ2) is 7.97.